The van der Waals surface area contributed by atoms with Gasteiger partial charge in [-0.05, 0) is 12.8 Å². The molecule has 6 nitrogen and oxygen atoms in total. The van der Waals surface area contributed by atoms with Crippen LogP contribution in [0.3, 0.4) is 0 Å². The Bertz CT molecular complexity index is 247. The Kier molecular flexibility index (Phi) is 4.74. The van der Waals surface area contributed by atoms with Gasteiger partial charge < -0.3 is 20.0 Å². The molecule has 0 spiro atoms. The van der Waals surface area contributed by atoms with Crippen molar-refractivity contribution in [3.8, 4) is 0 Å². The van der Waals surface area contributed by atoms with E-state index in [1.165, 1.54) is 0 Å². The lowest BCUT2D eigenvalue weighted by molar-refractivity contribution is -0.138. The molecule has 4 N–H and O–H groups in total. The fourth-order valence-electron chi connectivity index (χ4n) is 1.12. The number of carbonyl (C=O) groups is 1. The van der Waals surface area contributed by atoms with Crippen molar-refractivity contribution in [2.75, 3.05) is 0 Å². The van der Waals surface area contributed by atoms with E-state index in [-0.39, 0.29) is 6.42 Å². The highest BCUT2D eigenvalue weighted by atomic mass is 31.2. The van der Waals surface area contributed by atoms with E-state index in [9.17, 15) is 14.5 Å². The number of rotatable bonds is 6. The fourth-order valence-corrected chi connectivity index (χ4v) is 2.04. The Morgan fingerprint density at radius 1 is 1.36 bits per heavy atom. The topological polar surface area (TPSA) is 115 Å². The van der Waals surface area contributed by atoms with Crippen LogP contribution in [-0.2, 0) is 9.36 Å². The van der Waals surface area contributed by atoms with Crippen LogP contribution in [0.5, 0.6) is 0 Å². The third-order valence-electron chi connectivity index (χ3n) is 1.93. The molecule has 0 aliphatic carbocycles. The first-order chi connectivity index (χ1) is 6.23. The van der Waals surface area contributed by atoms with Crippen molar-refractivity contribution in [1.29, 1.82) is 0 Å². The van der Waals surface area contributed by atoms with Gasteiger partial charge in [-0.3, -0.25) is 9.36 Å². The minimum atomic E-state index is -4.67. The molecule has 0 aromatic heterocycles. The lowest BCUT2D eigenvalue weighted by Gasteiger charge is -2.27. The third-order valence-corrected chi connectivity index (χ3v) is 3.46. The molecular weight excluding hydrogens is 211 g/mol. The van der Waals surface area contributed by atoms with Crippen LogP contribution < -0.4 is 0 Å². The van der Waals surface area contributed by atoms with Gasteiger partial charge >= 0.3 is 13.6 Å². The minimum Gasteiger partial charge on any atom is -0.481 e. The van der Waals surface area contributed by atoms with Crippen molar-refractivity contribution in [3.05, 3.63) is 0 Å². The summed E-state index contributed by atoms with van der Waals surface area (Å²) in [5.41, 5.74) is 0. The second-order valence-electron chi connectivity index (χ2n) is 3.17. The number of hydrogen-bond donors (Lipinski definition) is 4. The predicted octanol–water partition coefficient (Wildman–Crippen LogP) is 0.518. The number of carboxylic acids is 1. The number of carboxylic acid groups (broad SMARTS) is 1. The summed E-state index contributed by atoms with van der Waals surface area (Å²) < 4.78 is 10.9. The van der Waals surface area contributed by atoms with Gasteiger partial charge in [0.15, 0.2) is 5.34 Å². The van der Waals surface area contributed by atoms with E-state index in [0.29, 0.717) is 6.42 Å². The van der Waals surface area contributed by atoms with Crippen molar-refractivity contribution < 1.29 is 29.4 Å². The molecule has 1 atom stereocenters. The molecule has 7 heteroatoms. The van der Waals surface area contributed by atoms with E-state index in [2.05, 4.69) is 0 Å². The summed E-state index contributed by atoms with van der Waals surface area (Å²) in [7, 11) is -4.67. The van der Waals surface area contributed by atoms with E-state index in [1.807, 2.05) is 0 Å². The van der Waals surface area contributed by atoms with Crippen LogP contribution in [0, 0.1) is 0 Å². The lowest BCUT2D eigenvalue weighted by Crippen LogP contribution is -2.29. The number of aliphatic hydroxyl groups is 1. The number of hydrogen-bond acceptors (Lipinski definition) is 3. The molecule has 1 unspecified atom stereocenters. The third kappa shape index (κ3) is 3.75. The van der Waals surface area contributed by atoms with E-state index < -0.39 is 31.7 Å². The second-order valence-corrected chi connectivity index (χ2v) is 5.09. The van der Waals surface area contributed by atoms with Gasteiger partial charge in [0.05, 0.1) is 0 Å². The molecule has 0 saturated carbocycles. The van der Waals surface area contributed by atoms with Crippen molar-refractivity contribution in [2.45, 2.75) is 37.9 Å². The molecule has 0 fully saturated rings. The summed E-state index contributed by atoms with van der Waals surface area (Å²) in [6.45, 7) is 1.65. The minimum absolute atomic E-state index is 0.107. The normalized spacial score (nSPS) is 16.3. The first-order valence-corrected chi connectivity index (χ1v) is 5.84. The smallest absolute Gasteiger partial charge is 0.356 e. The highest BCUT2D eigenvalue weighted by molar-refractivity contribution is 7.53. The fraction of sp³-hybridized carbons (Fsp3) is 0.857. The van der Waals surface area contributed by atoms with Gasteiger partial charge in [0, 0.05) is 6.42 Å². The average molecular weight is 226 g/mol. The van der Waals surface area contributed by atoms with Crippen molar-refractivity contribution in [1.82, 2.24) is 0 Å². The Labute approximate surface area is 81.7 Å². The maximum atomic E-state index is 10.9. The van der Waals surface area contributed by atoms with Crippen LogP contribution >= 0.6 is 7.60 Å². The summed E-state index contributed by atoms with van der Waals surface area (Å²) in [4.78, 5) is 27.9. The monoisotopic (exact) mass is 226 g/mol. The summed E-state index contributed by atoms with van der Waals surface area (Å²) in [5, 5.41) is 15.7. The summed E-state index contributed by atoms with van der Waals surface area (Å²) in [6.07, 6.45) is -0.617. The standard InChI is InChI=1S/C7H15O6P/c1-2-4-7(10,14(11,12)13)5-3-6(8)9/h10H,2-5H2,1H3,(H,8,9)(H2,11,12,13). The van der Waals surface area contributed by atoms with E-state index in [4.69, 9.17) is 14.9 Å². The average Bonchev–Trinajstić information content (AvgIpc) is 1.99. The van der Waals surface area contributed by atoms with Gasteiger partial charge in [-0.2, -0.15) is 0 Å². The Balaban J connectivity index is 4.56. The Hall–Kier alpha value is -0.420. The lowest BCUT2D eigenvalue weighted by atomic mass is 10.1. The van der Waals surface area contributed by atoms with Crippen LogP contribution in [0.4, 0.5) is 0 Å². The molecule has 0 aliphatic rings. The first-order valence-electron chi connectivity index (χ1n) is 4.23. The van der Waals surface area contributed by atoms with E-state index in [0.717, 1.165) is 0 Å². The van der Waals surface area contributed by atoms with Crippen LogP contribution in [0.25, 0.3) is 0 Å². The molecule has 0 aromatic rings. The van der Waals surface area contributed by atoms with Crippen LogP contribution in [0.15, 0.2) is 0 Å². The zero-order chi connectivity index (χ0) is 11.4. The molecule has 0 amide bonds. The largest absolute Gasteiger partial charge is 0.481 e. The molecular formula is C7H15O6P. The molecule has 0 aliphatic heterocycles. The SMILES string of the molecule is CCCC(O)(CCC(=O)O)P(=O)(O)O. The quantitative estimate of drug-likeness (QED) is 0.491. The summed E-state index contributed by atoms with van der Waals surface area (Å²) >= 11 is 0. The van der Waals surface area contributed by atoms with Crippen LogP contribution in [0.2, 0.25) is 0 Å². The molecule has 0 aromatic carbocycles. The van der Waals surface area contributed by atoms with Crippen LogP contribution in [0.1, 0.15) is 32.6 Å². The molecule has 0 radical (unpaired) electrons. The molecule has 0 heterocycles. The number of aliphatic carboxylic acids is 1. The van der Waals surface area contributed by atoms with Gasteiger partial charge in [0.2, 0.25) is 0 Å². The van der Waals surface area contributed by atoms with E-state index >= 15 is 0 Å². The first kappa shape index (κ1) is 13.6. The Morgan fingerprint density at radius 2 is 1.86 bits per heavy atom. The van der Waals surface area contributed by atoms with E-state index in [1.54, 1.807) is 6.92 Å². The van der Waals surface area contributed by atoms with Crippen molar-refractivity contribution in [3.63, 3.8) is 0 Å². The molecule has 0 saturated heterocycles. The zero-order valence-electron chi connectivity index (χ0n) is 7.88. The zero-order valence-corrected chi connectivity index (χ0v) is 8.78. The van der Waals surface area contributed by atoms with Gasteiger partial charge in [0.1, 0.15) is 0 Å². The van der Waals surface area contributed by atoms with Gasteiger partial charge in [-0.1, -0.05) is 13.3 Å². The van der Waals surface area contributed by atoms with Gasteiger partial charge in [-0.25, -0.2) is 0 Å². The molecule has 84 valence electrons. The highest BCUT2D eigenvalue weighted by Crippen LogP contribution is 2.53. The van der Waals surface area contributed by atoms with Gasteiger partial charge in [0.25, 0.3) is 0 Å². The maximum Gasteiger partial charge on any atom is 0.356 e. The summed E-state index contributed by atoms with van der Waals surface area (Å²) in [5.74, 6) is -1.19. The maximum absolute atomic E-state index is 10.9. The molecule has 14 heavy (non-hydrogen) atoms. The van der Waals surface area contributed by atoms with Crippen LogP contribution in [-0.4, -0.2) is 31.3 Å². The van der Waals surface area contributed by atoms with Crippen molar-refractivity contribution >= 4 is 13.6 Å². The molecule has 0 rings (SSSR count). The molecule has 0 bridgehead atoms. The van der Waals surface area contributed by atoms with Gasteiger partial charge in [-0.15, -0.1) is 0 Å². The second kappa shape index (κ2) is 4.89. The Morgan fingerprint density at radius 3 is 2.14 bits per heavy atom. The highest BCUT2D eigenvalue weighted by Gasteiger charge is 2.44. The predicted molar refractivity (Wildman–Crippen MR) is 48.8 cm³/mol. The van der Waals surface area contributed by atoms with Crippen molar-refractivity contribution in [2.24, 2.45) is 0 Å². The summed E-state index contributed by atoms with van der Waals surface area (Å²) in [6, 6.07) is 0.